The molecule has 9 heteroatoms. The van der Waals surface area contributed by atoms with Gasteiger partial charge < -0.3 is 0 Å². The van der Waals surface area contributed by atoms with Crippen molar-refractivity contribution in [2.24, 2.45) is 0 Å². The van der Waals surface area contributed by atoms with Crippen LogP contribution < -0.4 is 5.69 Å². The zero-order valence-corrected chi connectivity index (χ0v) is 13.7. The summed E-state index contributed by atoms with van der Waals surface area (Å²) in [6, 6.07) is 8.40. The predicted octanol–water partition coefficient (Wildman–Crippen LogP) is 3.25. The van der Waals surface area contributed by atoms with Crippen molar-refractivity contribution in [3.05, 3.63) is 76.6 Å². The Morgan fingerprint density at radius 1 is 1.11 bits per heavy atom. The van der Waals surface area contributed by atoms with Crippen molar-refractivity contribution in [2.45, 2.75) is 12.7 Å². The van der Waals surface area contributed by atoms with Crippen LogP contribution in [0.15, 0.2) is 59.8 Å². The van der Waals surface area contributed by atoms with Gasteiger partial charge in [0.25, 0.3) is 0 Å². The summed E-state index contributed by atoms with van der Waals surface area (Å²) in [7, 11) is 0. The van der Waals surface area contributed by atoms with E-state index in [4.69, 9.17) is 0 Å². The average Bonchev–Trinajstić information content (AvgIpc) is 2.97. The van der Waals surface area contributed by atoms with E-state index in [2.05, 4.69) is 19.9 Å². The standard InChI is InChI=1S/C18H12F3N5O/c19-18(20,21)13-5-1-3-11(7-13)10-26-16-15(25-17(26)27)24-14(9-23-16)12-4-2-6-22-8-12/h1-9H,10H2,(H,24,25,27). The molecule has 0 saturated heterocycles. The molecule has 1 N–H and O–H groups in total. The zero-order chi connectivity index (χ0) is 19.0. The average molecular weight is 371 g/mol. The van der Waals surface area contributed by atoms with Gasteiger partial charge in [-0.05, 0) is 29.8 Å². The molecule has 4 aromatic rings. The van der Waals surface area contributed by atoms with Crippen molar-refractivity contribution in [1.82, 2.24) is 24.5 Å². The van der Waals surface area contributed by atoms with Crippen molar-refractivity contribution in [1.29, 1.82) is 0 Å². The molecule has 0 aliphatic rings. The predicted molar refractivity (Wildman–Crippen MR) is 91.9 cm³/mol. The molecule has 0 spiro atoms. The maximum absolute atomic E-state index is 12.9. The Hall–Kier alpha value is -3.49. The number of fused-ring (bicyclic) bond motifs is 1. The lowest BCUT2D eigenvalue weighted by Gasteiger charge is -2.09. The Morgan fingerprint density at radius 3 is 2.70 bits per heavy atom. The Bertz CT molecular complexity index is 1170. The Kier molecular flexibility index (Phi) is 3.98. The number of aromatic amines is 1. The van der Waals surface area contributed by atoms with Crippen LogP contribution in [0, 0.1) is 0 Å². The molecule has 3 heterocycles. The molecule has 0 saturated carbocycles. The van der Waals surface area contributed by atoms with E-state index in [0.717, 1.165) is 17.7 Å². The number of rotatable bonds is 3. The molecule has 0 aliphatic carbocycles. The van der Waals surface area contributed by atoms with E-state index in [-0.39, 0.29) is 17.8 Å². The number of nitrogens with zero attached hydrogens (tertiary/aromatic N) is 4. The molecule has 0 unspecified atom stereocenters. The summed E-state index contributed by atoms with van der Waals surface area (Å²) >= 11 is 0. The Morgan fingerprint density at radius 2 is 1.96 bits per heavy atom. The lowest BCUT2D eigenvalue weighted by molar-refractivity contribution is -0.137. The summed E-state index contributed by atoms with van der Waals surface area (Å²) in [6.45, 7) is -0.0519. The van der Waals surface area contributed by atoms with Gasteiger partial charge in [-0.15, -0.1) is 0 Å². The summed E-state index contributed by atoms with van der Waals surface area (Å²) in [5.74, 6) is 0. The minimum absolute atomic E-state index is 0.0519. The van der Waals surface area contributed by atoms with Gasteiger partial charge in [-0.3, -0.25) is 14.5 Å². The van der Waals surface area contributed by atoms with Crippen LogP contribution in [0.25, 0.3) is 22.6 Å². The van der Waals surface area contributed by atoms with E-state index in [0.29, 0.717) is 11.3 Å². The lowest BCUT2D eigenvalue weighted by atomic mass is 10.1. The van der Waals surface area contributed by atoms with E-state index < -0.39 is 17.4 Å². The maximum Gasteiger partial charge on any atom is 0.416 e. The number of imidazole rings is 1. The van der Waals surface area contributed by atoms with Crippen LogP contribution in [-0.4, -0.2) is 24.5 Å². The fourth-order valence-electron chi connectivity index (χ4n) is 2.76. The van der Waals surface area contributed by atoms with Gasteiger partial charge in [-0.25, -0.2) is 14.8 Å². The topological polar surface area (TPSA) is 76.5 Å². The Balaban J connectivity index is 1.73. The number of hydrogen-bond donors (Lipinski definition) is 1. The van der Waals surface area contributed by atoms with Gasteiger partial charge in [0.2, 0.25) is 0 Å². The van der Waals surface area contributed by atoms with Gasteiger partial charge >= 0.3 is 11.9 Å². The van der Waals surface area contributed by atoms with E-state index in [9.17, 15) is 18.0 Å². The molecule has 136 valence electrons. The second kappa shape index (κ2) is 6.35. The summed E-state index contributed by atoms with van der Waals surface area (Å²) in [5.41, 5.74) is 0.870. The molecule has 0 radical (unpaired) electrons. The molecule has 0 bridgehead atoms. The van der Waals surface area contributed by atoms with Crippen molar-refractivity contribution in [3.63, 3.8) is 0 Å². The van der Waals surface area contributed by atoms with Crippen LogP contribution >= 0.6 is 0 Å². The fourth-order valence-corrected chi connectivity index (χ4v) is 2.76. The van der Waals surface area contributed by atoms with Gasteiger partial charge in [-0.2, -0.15) is 13.2 Å². The molecule has 27 heavy (non-hydrogen) atoms. The third-order valence-corrected chi connectivity index (χ3v) is 4.03. The first-order chi connectivity index (χ1) is 12.9. The highest BCUT2D eigenvalue weighted by molar-refractivity contribution is 5.70. The molecule has 0 aliphatic heterocycles. The van der Waals surface area contributed by atoms with E-state index >= 15 is 0 Å². The number of benzene rings is 1. The molecular weight excluding hydrogens is 359 g/mol. The summed E-state index contributed by atoms with van der Waals surface area (Å²) in [4.78, 5) is 27.5. The highest BCUT2D eigenvalue weighted by atomic mass is 19.4. The number of hydrogen-bond acceptors (Lipinski definition) is 4. The fraction of sp³-hybridized carbons (Fsp3) is 0.111. The van der Waals surface area contributed by atoms with Gasteiger partial charge in [0.1, 0.15) is 0 Å². The third kappa shape index (κ3) is 3.31. The molecule has 0 atom stereocenters. The van der Waals surface area contributed by atoms with Gasteiger partial charge in [-0.1, -0.05) is 12.1 Å². The molecule has 3 aromatic heterocycles. The van der Waals surface area contributed by atoms with Crippen LogP contribution in [0.2, 0.25) is 0 Å². The Labute approximate surface area is 150 Å². The first kappa shape index (κ1) is 17.0. The molecule has 0 amide bonds. The van der Waals surface area contributed by atoms with Gasteiger partial charge in [0.05, 0.1) is 24.0 Å². The first-order valence-electron chi connectivity index (χ1n) is 7.94. The molecule has 6 nitrogen and oxygen atoms in total. The number of aromatic nitrogens is 5. The van der Waals surface area contributed by atoms with Crippen molar-refractivity contribution < 1.29 is 13.2 Å². The van der Waals surface area contributed by atoms with Crippen LogP contribution in [-0.2, 0) is 12.7 Å². The number of H-pyrrole nitrogens is 1. The zero-order valence-electron chi connectivity index (χ0n) is 13.7. The third-order valence-electron chi connectivity index (χ3n) is 4.03. The van der Waals surface area contributed by atoms with E-state index in [1.165, 1.54) is 22.9 Å². The van der Waals surface area contributed by atoms with Crippen LogP contribution in [0.3, 0.4) is 0 Å². The smallest absolute Gasteiger partial charge is 0.289 e. The van der Waals surface area contributed by atoms with Gasteiger partial charge in [0, 0.05) is 18.0 Å². The van der Waals surface area contributed by atoms with E-state index in [1.54, 1.807) is 24.5 Å². The van der Waals surface area contributed by atoms with Crippen LogP contribution in [0.4, 0.5) is 13.2 Å². The first-order valence-corrected chi connectivity index (χ1v) is 7.94. The largest absolute Gasteiger partial charge is 0.416 e. The van der Waals surface area contributed by atoms with Gasteiger partial charge in [0.15, 0.2) is 11.3 Å². The number of alkyl halides is 3. The highest BCUT2D eigenvalue weighted by Crippen LogP contribution is 2.29. The highest BCUT2D eigenvalue weighted by Gasteiger charge is 2.30. The van der Waals surface area contributed by atoms with E-state index in [1.807, 2.05) is 0 Å². The molecule has 0 fully saturated rings. The summed E-state index contributed by atoms with van der Waals surface area (Å²) in [5, 5.41) is 0. The summed E-state index contributed by atoms with van der Waals surface area (Å²) < 4.78 is 39.9. The van der Waals surface area contributed by atoms with Crippen molar-refractivity contribution in [2.75, 3.05) is 0 Å². The number of pyridine rings is 1. The lowest BCUT2D eigenvalue weighted by Crippen LogP contribution is -2.18. The second-order valence-corrected chi connectivity index (χ2v) is 5.88. The monoisotopic (exact) mass is 371 g/mol. The quantitative estimate of drug-likeness (QED) is 0.600. The van der Waals surface area contributed by atoms with Crippen LogP contribution in [0.5, 0.6) is 0 Å². The minimum Gasteiger partial charge on any atom is -0.289 e. The number of halogens is 3. The summed E-state index contributed by atoms with van der Waals surface area (Å²) in [6.07, 6.45) is 0.297. The second-order valence-electron chi connectivity index (χ2n) is 5.88. The molecule has 4 rings (SSSR count). The minimum atomic E-state index is -4.44. The van der Waals surface area contributed by atoms with Crippen molar-refractivity contribution >= 4 is 11.3 Å². The van der Waals surface area contributed by atoms with Crippen LogP contribution in [0.1, 0.15) is 11.1 Å². The normalized spacial score (nSPS) is 11.8. The number of nitrogens with one attached hydrogen (secondary N) is 1. The van der Waals surface area contributed by atoms with Crippen molar-refractivity contribution in [3.8, 4) is 11.3 Å². The molecule has 1 aromatic carbocycles. The molecular formula is C18H12F3N5O. The maximum atomic E-state index is 12.9. The SMILES string of the molecule is O=c1[nH]c2nc(-c3cccnc3)cnc2n1Cc1cccc(C(F)(F)F)c1.